The van der Waals surface area contributed by atoms with Gasteiger partial charge in [0.15, 0.2) is 0 Å². The van der Waals surface area contributed by atoms with Crippen LogP contribution in [0.3, 0.4) is 0 Å². The van der Waals surface area contributed by atoms with E-state index < -0.39 is 0 Å². The topological polar surface area (TPSA) is 26.0 Å². The second kappa shape index (κ2) is 7.04. The molecule has 0 saturated heterocycles. The summed E-state index contributed by atoms with van der Waals surface area (Å²) in [6, 6.07) is 40.1. The van der Waals surface area contributed by atoms with Gasteiger partial charge in [-0.05, 0) is 35.4 Å². The van der Waals surface area contributed by atoms with E-state index in [9.17, 15) is 0 Å². The van der Waals surface area contributed by atoms with E-state index in [0.29, 0.717) is 0 Å². The van der Waals surface area contributed by atoms with Crippen LogP contribution in [0, 0.1) is 0 Å². The first-order chi connectivity index (χ1) is 16.4. The minimum absolute atomic E-state index is 0.908. The van der Waals surface area contributed by atoms with Crippen LogP contribution >= 0.6 is 0 Å². The number of pyridine rings is 1. The van der Waals surface area contributed by atoms with E-state index in [1.165, 1.54) is 16.5 Å². The van der Waals surface area contributed by atoms with Crippen molar-refractivity contribution in [2.75, 3.05) is 0 Å². The molecule has 154 valence electrons. The summed E-state index contributed by atoms with van der Waals surface area (Å²) in [6.07, 6.45) is 0. The van der Waals surface area contributed by atoms with Crippen LogP contribution in [0.15, 0.2) is 120 Å². The normalized spacial score (nSPS) is 11.6. The molecule has 7 aromatic rings. The third-order valence-electron chi connectivity index (χ3n) is 6.47. The number of hydrogen-bond acceptors (Lipinski definition) is 2. The van der Waals surface area contributed by atoms with E-state index in [4.69, 9.17) is 9.40 Å². The van der Waals surface area contributed by atoms with Gasteiger partial charge in [-0.1, -0.05) is 91.0 Å². The van der Waals surface area contributed by atoms with Crippen LogP contribution in [-0.2, 0) is 0 Å². The fourth-order valence-electron chi connectivity index (χ4n) is 4.93. The summed E-state index contributed by atoms with van der Waals surface area (Å²) < 4.78 is 6.20. The van der Waals surface area contributed by atoms with Gasteiger partial charge >= 0.3 is 0 Å². The van der Waals surface area contributed by atoms with Gasteiger partial charge in [0, 0.05) is 32.5 Å². The minimum atomic E-state index is 0.908. The molecule has 7 rings (SSSR count). The van der Waals surface area contributed by atoms with E-state index in [1.54, 1.807) is 0 Å². The van der Waals surface area contributed by atoms with Crippen molar-refractivity contribution in [1.29, 1.82) is 0 Å². The number of benzene rings is 5. The van der Waals surface area contributed by atoms with Crippen LogP contribution in [-0.4, -0.2) is 4.98 Å². The molecule has 5 aromatic carbocycles. The number of fused-ring (bicyclic) bond motifs is 7. The summed E-state index contributed by atoms with van der Waals surface area (Å²) >= 11 is 0. The Kier molecular flexibility index (Phi) is 3.88. The Labute approximate surface area is 190 Å². The van der Waals surface area contributed by atoms with Crippen molar-refractivity contribution in [3.05, 3.63) is 115 Å². The molecule has 0 atom stereocenters. The Morgan fingerprint density at radius 1 is 0.424 bits per heavy atom. The summed E-state index contributed by atoms with van der Waals surface area (Å²) in [6.45, 7) is 0. The third-order valence-corrected chi connectivity index (χ3v) is 6.47. The Hall–Kier alpha value is -4.43. The molecule has 2 heteroatoms. The number of para-hydroxylation sites is 2. The summed E-state index contributed by atoms with van der Waals surface area (Å²) in [5.74, 6) is 0. The standard InChI is InChI=1S/C31H19NO/c1-2-8-20(9-3-1)21-14-16-22(17-15-21)31-25-18-19-28-30(24-11-5-7-13-27(24)33-28)29(25)23-10-4-6-12-26(23)32-31/h1-19H. The predicted octanol–water partition coefficient (Wildman–Crippen LogP) is 8.62. The summed E-state index contributed by atoms with van der Waals surface area (Å²) in [4.78, 5) is 5.12. The minimum Gasteiger partial charge on any atom is -0.456 e. The van der Waals surface area contributed by atoms with Gasteiger partial charge in [-0.3, -0.25) is 0 Å². The quantitative estimate of drug-likeness (QED) is 0.261. The van der Waals surface area contributed by atoms with Crippen LogP contribution < -0.4 is 0 Å². The zero-order chi connectivity index (χ0) is 21.8. The van der Waals surface area contributed by atoms with Gasteiger partial charge in [0.25, 0.3) is 0 Å². The zero-order valence-corrected chi connectivity index (χ0v) is 17.8. The van der Waals surface area contributed by atoms with Gasteiger partial charge in [0.05, 0.1) is 11.2 Å². The fourth-order valence-corrected chi connectivity index (χ4v) is 4.93. The maximum Gasteiger partial charge on any atom is 0.136 e. The molecule has 0 aliphatic heterocycles. The largest absolute Gasteiger partial charge is 0.456 e. The first-order valence-electron chi connectivity index (χ1n) is 11.2. The molecule has 0 aliphatic carbocycles. The number of rotatable bonds is 2. The molecular weight excluding hydrogens is 402 g/mol. The van der Waals surface area contributed by atoms with Crippen molar-refractivity contribution in [3.63, 3.8) is 0 Å². The molecular formula is C31H19NO. The molecule has 2 aromatic heterocycles. The lowest BCUT2D eigenvalue weighted by Crippen LogP contribution is -1.90. The number of furan rings is 1. The molecule has 2 nitrogen and oxygen atoms in total. The van der Waals surface area contributed by atoms with Crippen LogP contribution in [0.5, 0.6) is 0 Å². The van der Waals surface area contributed by atoms with Gasteiger partial charge in [-0.25, -0.2) is 4.98 Å². The molecule has 0 amide bonds. The molecule has 0 fully saturated rings. The highest BCUT2D eigenvalue weighted by Gasteiger charge is 2.17. The molecule has 0 aliphatic rings. The van der Waals surface area contributed by atoms with Crippen molar-refractivity contribution < 1.29 is 4.42 Å². The van der Waals surface area contributed by atoms with Crippen molar-refractivity contribution in [2.45, 2.75) is 0 Å². The van der Waals surface area contributed by atoms with Crippen LogP contribution in [0.1, 0.15) is 0 Å². The second-order valence-electron chi connectivity index (χ2n) is 8.38. The lowest BCUT2D eigenvalue weighted by Gasteiger charge is -2.12. The SMILES string of the molecule is c1ccc(-c2ccc(-c3nc4ccccc4c4c3ccc3oc5ccccc5c34)cc2)cc1. The molecule has 0 N–H and O–H groups in total. The highest BCUT2D eigenvalue weighted by atomic mass is 16.3. The fraction of sp³-hybridized carbons (Fsp3) is 0. The first-order valence-corrected chi connectivity index (χ1v) is 11.2. The van der Waals surface area contributed by atoms with Crippen molar-refractivity contribution in [1.82, 2.24) is 4.98 Å². The van der Waals surface area contributed by atoms with Gasteiger partial charge < -0.3 is 4.42 Å². The van der Waals surface area contributed by atoms with E-state index in [1.807, 2.05) is 18.2 Å². The van der Waals surface area contributed by atoms with Crippen molar-refractivity contribution in [3.8, 4) is 22.4 Å². The monoisotopic (exact) mass is 421 g/mol. The Morgan fingerprint density at radius 3 is 1.94 bits per heavy atom. The van der Waals surface area contributed by atoms with Gasteiger partial charge in [0.1, 0.15) is 11.2 Å². The molecule has 0 radical (unpaired) electrons. The zero-order valence-electron chi connectivity index (χ0n) is 17.8. The highest BCUT2D eigenvalue weighted by Crippen LogP contribution is 2.41. The van der Waals surface area contributed by atoms with E-state index >= 15 is 0 Å². The van der Waals surface area contributed by atoms with E-state index in [0.717, 1.165) is 49.5 Å². The number of aromatic nitrogens is 1. The summed E-state index contributed by atoms with van der Waals surface area (Å²) in [7, 11) is 0. The second-order valence-corrected chi connectivity index (χ2v) is 8.38. The van der Waals surface area contributed by atoms with Crippen LogP contribution in [0.2, 0.25) is 0 Å². The van der Waals surface area contributed by atoms with Crippen LogP contribution in [0.25, 0.3) is 66.0 Å². The number of hydrogen-bond donors (Lipinski definition) is 0. The average Bonchev–Trinajstić information content (AvgIpc) is 3.27. The van der Waals surface area contributed by atoms with Gasteiger partial charge in [0.2, 0.25) is 0 Å². The molecule has 33 heavy (non-hydrogen) atoms. The average molecular weight is 421 g/mol. The van der Waals surface area contributed by atoms with Crippen molar-refractivity contribution in [2.24, 2.45) is 0 Å². The number of nitrogens with zero attached hydrogens (tertiary/aromatic N) is 1. The highest BCUT2D eigenvalue weighted by molar-refractivity contribution is 6.28. The lowest BCUT2D eigenvalue weighted by atomic mass is 9.95. The van der Waals surface area contributed by atoms with E-state index in [-0.39, 0.29) is 0 Å². The van der Waals surface area contributed by atoms with Crippen molar-refractivity contribution >= 4 is 43.6 Å². The molecule has 0 saturated carbocycles. The smallest absolute Gasteiger partial charge is 0.136 e. The summed E-state index contributed by atoms with van der Waals surface area (Å²) in [5.41, 5.74) is 7.33. The first kappa shape index (κ1) is 18.2. The van der Waals surface area contributed by atoms with E-state index in [2.05, 4.69) is 97.1 Å². The molecule has 0 bridgehead atoms. The Balaban J connectivity index is 1.55. The predicted molar refractivity (Wildman–Crippen MR) is 137 cm³/mol. The summed E-state index contributed by atoms with van der Waals surface area (Å²) in [5, 5.41) is 5.78. The van der Waals surface area contributed by atoms with Crippen LogP contribution in [0.4, 0.5) is 0 Å². The maximum absolute atomic E-state index is 6.20. The van der Waals surface area contributed by atoms with Gasteiger partial charge in [-0.15, -0.1) is 0 Å². The lowest BCUT2D eigenvalue weighted by molar-refractivity contribution is 0.669. The maximum atomic E-state index is 6.20. The Morgan fingerprint density at radius 2 is 1.09 bits per heavy atom. The molecule has 0 unspecified atom stereocenters. The third kappa shape index (κ3) is 2.78. The molecule has 2 heterocycles. The van der Waals surface area contributed by atoms with Gasteiger partial charge in [-0.2, -0.15) is 0 Å². The Bertz CT molecular complexity index is 1790. The molecule has 0 spiro atoms.